The number of halogens is 2. The molecule has 0 aliphatic heterocycles. The van der Waals surface area contributed by atoms with Gasteiger partial charge in [-0.2, -0.15) is 0 Å². The van der Waals surface area contributed by atoms with Gasteiger partial charge in [-0.15, -0.1) is 0 Å². The lowest BCUT2D eigenvalue weighted by molar-refractivity contribution is -0.141. The molecule has 0 bridgehead atoms. The van der Waals surface area contributed by atoms with E-state index in [1.165, 1.54) is 24.3 Å². The van der Waals surface area contributed by atoms with Gasteiger partial charge in [0.25, 0.3) is 0 Å². The summed E-state index contributed by atoms with van der Waals surface area (Å²) in [5.41, 5.74) is 0.0895. The Morgan fingerprint density at radius 3 is 2.75 bits per heavy atom. The molecule has 0 aromatic heterocycles. The molecular formula is C14H15ClFNO3. The summed E-state index contributed by atoms with van der Waals surface area (Å²) in [6.07, 6.45) is 3.24. The van der Waals surface area contributed by atoms with E-state index in [-0.39, 0.29) is 10.6 Å². The van der Waals surface area contributed by atoms with Crippen molar-refractivity contribution in [2.75, 3.05) is 0 Å². The number of carboxylic acid groups (broad SMARTS) is 1. The highest BCUT2D eigenvalue weighted by atomic mass is 35.5. The lowest BCUT2D eigenvalue weighted by atomic mass is 10.1. The van der Waals surface area contributed by atoms with Gasteiger partial charge in [0, 0.05) is 11.6 Å². The third kappa shape index (κ3) is 4.66. The van der Waals surface area contributed by atoms with Crippen LogP contribution in [0.4, 0.5) is 4.39 Å². The summed E-state index contributed by atoms with van der Waals surface area (Å²) in [4.78, 5) is 22.5. The van der Waals surface area contributed by atoms with E-state index in [0.29, 0.717) is 12.8 Å². The van der Waals surface area contributed by atoms with Gasteiger partial charge < -0.3 is 10.4 Å². The van der Waals surface area contributed by atoms with E-state index in [1.54, 1.807) is 0 Å². The lowest BCUT2D eigenvalue weighted by Gasteiger charge is -2.11. The van der Waals surface area contributed by atoms with Gasteiger partial charge in [-0.05, 0) is 24.6 Å². The van der Waals surface area contributed by atoms with E-state index < -0.39 is 23.7 Å². The van der Waals surface area contributed by atoms with E-state index in [9.17, 15) is 14.0 Å². The van der Waals surface area contributed by atoms with Crippen LogP contribution in [0.1, 0.15) is 25.3 Å². The third-order valence-electron chi connectivity index (χ3n) is 2.59. The van der Waals surface area contributed by atoms with Gasteiger partial charge in [-0.1, -0.05) is 31.0 Å². The van der Waals surface area contributed by atoms with Crippen molar-refractivity contribution in [2.45, 2.75) is 25.8 Å². The number of hydrogen-bond donors (Lipinski definition) is 2. The molecule has 0 saturated heterocycles. The second kappa shape index (κ2) is 7.65. The maximum atomic E-state index is 13.5. The van der Waals surface area contributed by atoms with E-state index in [4.69, 9.17) is 16.7 Å². The van der Waals surface area contributed by atoms with Gasteiger partial charge in [0.15, 0.2) is 0 Å². The number of hydrogen-bond acceptors (Lipinski definition) is 2. The average Bonchev–Trinajstić information content (AvgIpc) is 2.37. The summed E-state index contributed by atoms with van der Waals surface area (Å²) in [6.45, 7) is 1.82. The van der Waals surface area contributed by atoms with Crippen LogP contribution in [-0.2, 0) is 9.59 Å². The van der Waals surface area contributed by atoms with Gasteiger partial charge in [-0.25, -0.2) is 9.18 Å². The molecule has 6 heteroatoms. The molecule has 20 heavy (non-hydrogen) atoms. The van der Waals surface area contributed by atoms with Crippen LogP contribution in [0, 0.1) is 5.82 Å². The van der Waals surface area contributed by atoms with Crippen molar-refractivity contribution in [1.29, 1.82) is 0 Å². The Morgan fingerprint density at radius 2 is 2.20 bits per heavy atom. The summed E-state index contributed by atoms with van der Waals surface area (Å²) in [7, 11) is 0. The van der Waals surface area contributed by atoms with Gasteiger partial charge in [0.2, 0.25) is 5.91 Å². The van der Waals surface area contributed by atoms with Gasteiger partial charge in [-0.3, -0.25) is 4.79 Å². The number of amides is 1. The molecular weight excluding hydrogens is 285 g/mol. The second-order valence-corrected chi connectivity index (χ2v) is 4.56. The van der Waals surface area contributed by atoms with Crippen LogP contribution in [0.2, 0.25) is 5.02 Å². The summed E-state index contributed by atoms with van der Waals surface area (Å²) < 4.78 is 13.5. The molecule has 1 atom stereocenters. The van der Waals surface area contributed by atoms with Gasteiger partial charge >= 0.3 is 5.97 Å². The van der Waals surface area contributed by atoms with E-state index in [1.807, 2.05) is 6.92 Å². The van der Waals surface area contributed by atoms with Crippen LogP contribution < -0.4 is 5.32 Å². The zero-order valence-electron chi connectivity index (χ0n) is 10.9. The van der Waals surface area contributed by atoms with Crippen LogP contribution >= 0.6 is 11.6 Å². The molecule has 0 spiro atoms. The van der Waals surface area contributed by atoms with E-state index in [0.717, 1.165) is 6.08 Å². The van der Waals surface area contributed by atoms with Crippen molar-refractivity contribution < 1.29 is 19.1 Å². The average molecular weight is 300 g/mol. The molecule has 0 aliphatic carbocycles. The zero-order chi connectivity index (χ0) is 15.1. The van der Waals surface area contributed by atoms with Crippen molar-refractivity contribution in [3.8, 4) is 0 Å². The molecule has 1 rings (SSSR count). The van der Waals surface area contributed by atoms with Crippen molar-refractivity contribution in [1.82, 2.24) is 5.32 Å². The zero-order valence-corrected chi connectivity index (χ0v) is 11.7. The summed E-state index contributed by atoms with van der Waals surface area (Å²) in [6, 6.07) is 3.23. The lowest BCUT2D eigenvalue weighted by Crippen LogP contribution is -2.39. The maximum absolute atomic E-state index is 13.5. The first-order valence-corrected chi connectivity index (χ1v) is 6.49. The Labute approximate surface area is 121 Å². The minimum absolute atomic E-state index is 0.0895. The first-order chi connectivity index (χ1) is 9.45. The topological polar surface area (TPSA) is 66.4 Å². The first kappa shape index (κ1) is 16.2. The Hall–Kier alpha value is -1.88. The number of carboxylic acids is 1. The highest BCUT2D eigenvalue weighted by Crippen LogP contribution is 2.20. The molecule has 1 aromatic carbocycles. The van der Waals surface area contributed by atoms with Crippen molar-refractivity contribution in [3.05, 3.63) is 40.7 Å². The van der Waals surface area contributed by atoms with Crippen LogP contribution in [0.3, 0.4) is 0 Å². The number of carbonyl (C=O) groups excluding carboxylic acids is 1. The van der Waals surface area contributed by atoms with Crippen LogP contribution in [0.25, 0.3) is 6.08 Å². The fourth-order valence-corrected chi connectivity index (χ4v) is 1.82. The van der Waals surface area contributed by atoms with Crippen LogP contribution in [0.5, 0.6) is 0 Å². The Balaban J connectivity index is 2.75. The number of rotatable bonds is 6. The molecule has 0 heterocycles. The molecule has 1 amide bonds. The number of carbonyl (C=O) groups is 2. The number of nitrogens with one attached hydrogen (secondary N) is 1. The molecule has 1 aromatic rings. The molecule has 0 unspecified atom stereocenters. The third-order valence-corrected chi connectivity index (χ3v) is 2.92. The van der Waals surface area contributed by atoms with Crippen molar-refractivity contribution in [2.24, 2.45) is 0 Å². The van der Waals surface area contributed by atoms with E-state index in [2.05, 4.69) is 5.32 Å². The Morgan fingerprint density at radius 1 is 1.50 bits per heavy atom. The molecule has 2 N–H and O–H groups in total. The molecule has 0 aliphatic rings. The molecule has 4 nitrogen and oxygen atoms in total. The van der Waals surface area contributed by atoms with Crippen LogP contribution in [0.15, 0.2) is 24.3 Å². The Bertz CT molecular complexity index is 511. The highest BCUT2D eigenvalue weighted by molar-refractivity contribution is 6.32. The number of aliphatic carboxylic acids is 1. The number of benzene rings is 1. The van der Waals surface area contributed by atoms with E-state index >= 15 is 0 Å². The molecule has 0 fully saturated rings. The molecule has 0 saturated carbocycles. The molecule has 0 radical (unpaired) electrons. The molecule has 108 valence electrons. The smallest absolute Gasteiger partial charge is 0.326 e. The highest BCUT2D eigenvalue weighted by Gasteiger charge is 2.17. The summed E-state index contributed by atoms with van der Waals surface area (Å²) in [5.74, 6) is -2.26. The minimum atomic E-state index is -1.10. The standard InChI is InChI=1S/C14H15ClFNO3/c1-2-4-12(14(19)20)17-13(18)8-7-9-10(15)5-3-6-11(9)16/h3,5-8,12H,2,4H2,1H3,(H,17,18)(H,19,20)/b8-7+/t12-/m1/s1. The monoisotopic (exact) mass is 299 g/mol. The van der Waals surface area contributed by atoms with Gasteiger partial charge in [0.05, 0.1) is 5.02 Å². The largest absolute Gasteiger partial charge is 0.480 e. The maximum Gasteiger partial charge on any atom is 0.326 e. The second-order valence-electron chi connectivity index (χ2n) is 4.16. The Kier molecular flexibility index (Phi) is 6.18. The predicted octanol–water partition coefficient (Wildman–Crippen LogP) is 2.86. The normalized spacial score (nSPS) is 12.3. The minimum Gasteiger partial charge on any atom is -0.480 e. The first-order valence-electron chi connectivity index (χ1n) is 6.11. The van der Waals surface area contributed by atoms with Gasteiger partial charge in [0.1, 0.15) is 11.9 Å². The quantitative estimate of drug-likeness (QED) is 0.794. The van der Waals surface area contributed by atoms with Crippen molar-refractivity contribution >= 4 is 29.6 Å². The fraction of sp³-hybridized carbons (Fsp3) is 0.286. The SMILES string of the molecule is CCC[C@@H](NC(=O)/C=C/c1c(F)cccc1Cl)C(=O)O. The van der Waals surface area contributed by atoms with Crippen molar-refractivity contribution in [3.63, 3.8) is 0 Å². The fourth-order valence-electron chi connectivity index (χ4n) is 1.59. The van der Waals surface area contributed by atoms with Crippen LogP contribution in [-0.4, -0.2) is 23.0 Å². The summed E-state index contributed by atoms with van der Waals surface area (Å²) >= 11 is 5.80. The summed E-state index contributed by atoms with van der Waals surface area (Å²) in [5, 5.41) is 11.4. The predicted molar refractivity (Wildman–Crippen MR) is 74.9 cm³/mol.